The van der Waals surface area contributed by atoms with Crippen LogP contribution in [0.1, 0.15) is 123 Å². The minimum absolute atomic E-state index is 0.177. The summed E-state index contributed by atoms with van der Waals surface area (Å²) in [7, 11) is 0. The molecule has 0 bridgehead atoms. The minimum atomic E-state index is 0.177. The number of hydrogen-bond donors (Lipinski definition) is 0. The molecule has 0 amide bonds. The highest BCUT2D eigenvalue weighted by Crippen LogP contribution is 2.47. The molecule has 3 aromatic rings. The van der Waals surface area contributed by atoms with Crippen LogP contribution in [0.25, 0.3) is 21.5 Å². The number of fused-ring (bicyclic) bond motifs is 2. The first-order chi connectivity index (χ1) is 16.3. The van der Waals surface area contributed by atoms with E-state index in [0.717, 1.165) is 18.8 Å². The molecule has 0 saturated heterocycles. The van der Waals surface area contributed by atoms with Gasteiger partial charge in [-0.1, -0.05) is 124 Å². The number of rotatable bonds is 12. The Balaban J connectivity index is 2.40. The van der Waals surface area contributed by atoms with Crippen molar-refractivity contribution in [2.24, 2.45) is 5.92 Å². The van der Waals surface area contributed by atoms with E-state index in [2.05, 4.69) is 97.9 Å². The smallest absolute Gasteiger partial charge is 0.00682 e. The van der Waals surface area contributed by atoms with Crippen LogP contribution in [-0.4, -0.2) is 0 Å². The molecule has 0 aromatic heterocycles. The van der Waals surface area contributed by atoms with Crippen molar-refractivity contribution in [2.45, 2.75) is 124 Å². The van der Waals surface area contributed by atoms with E-state index in [-0.39, 0.29) is 10.8 Å². The summed E-state index contributed by atoms with van der Waals surface area (Å²) in [4.78, 5) is 0. The van der Waals surface area contributed by atoms with Gasteiger partial charge in [0.2, 0.25) is 0 Å². The van der Waals surface area contributed by atoms with E-state index in [1.165, 1.54) is 72.1 Å². The van der Waals surface area contributed by atoms with Gasteiger partial charge >= 0.3 is 0 Å². The zero-order chi connectivity index (χ0) is 24.9. The minimum Gasteiger partial charge on any atom is -0.0654 e. The van der Waals surface area contributed by atoms with Gasteiger partial charge in [-0.3, -0.25) is 0 Å². The van der Waals surface area contributed by atoms with Crippen molar-refractivity contribution in [3.63, 3.8) is 0 Å². The average Bonchev–Trinajstić information content (AvgIpc) is 2.88. The molecule has 34 heavy (non-hydrogen) atoms. The summed E-state index contributed by atoms with van der Waals surface area (Å²) in [6.45, 7) is 19.2. The number of hydrogen-bond acceptors (Lipinski definition) is 0. The number of unbranched alkanes of at least 4 members (excludes halogenated alkanes) is 1. The molecule has 0 heteroatoms. The normalized spacial score (nSPS) is 13.6. The molecule has 0 spiro atoms. The van der Waals surface area contributed by atoms with Crippen molar-refractivity contribution >= 4 is 21.5 Å². The van der Waals surface area contributed by atoms with E-state index in [1.54, 1.807) is 11.1 Å². The van der Waals surface area contributed by atoms with Crippen molar-refractivity contribution in [1.82, 2.24) is 0 Å². The maximum absolute atomic E-state index is 2.60. The summed E-state index contributed by atoms with van der Waals surface area (Å²) in [6, 6.07) is 16.9. The van der Waals surface area contributed by atoms with Crippen LogP contribution in [0.5, 0.6) is 0 Å². The average molecular weight is 459 g/mol. The van der Waals surface area contributed by atoms with E-state index in [9.17, 15) is 0 Å². The first-order valence-electron chi connectivity index (χ1n) is 14.3. The lowest BCUT2D eigenvalue weighted by atomic mass is 9.68. The molecular formula is C34H50. The van der Waals surface area contributed by atoms with Crippen LogP contribution in [0.2, 0.25) is 0 Å². The zero-order valence-electron chi connectivity index (χ0n) is 23.5. The van der Waals surface area contributed by atoms with Crippen molar-refractivity contribution in [3.05, 3.63) is 59.2 Å². The Morgan fingerprint density at radius 2 is 1.15 bits per heavy atom. The monoisotopic (exact) mass is 458 g/mol. The standard InChI is InChI=1S/C34H50/c1-9-15-18-25(10-2)23-26-21-22-29-30(24-26)32(34(8,13-5)14-6)28-20-17-16-19-27(28)31(29)33(7,11-3)12-4/h16-17,19-22,24-25H,9-15,18,23H2,1-8H3. The zero-order valence-corrected chi connectivity index (χ0v) is 23.5. The van der Waals surface area contributed by atoms with Crippen molar-refractivity contribution < 1.29 is 0 Å². The molecule has 0 aliphatic heterocycles. The van der Waals surface area contributed by atoms with Gasteiger partial charge in [0.1, 0.15) is 0 Å². The molecule has 0 fully saturated rings. The first kappa shape index (κ1) is 26.8. The van der Waals surface area contributed by atoms with Crippen LogP contribution in [0, 0.1) is 5.92 Å². The van der Waals surface area contributed by atoms with Crippen LogP contribution in [0.3, 0.4) is 0 Å². The van der Waals surface area contributed by atoms with Crippen molar-refractivity contribution in [1.29, 1.82) is 0 Å². The van der Waals surface area contributed by atoms with Crippen LogP contribution >= 0.6 is 0 Å². The molecule has 0 radical (unpaired) electrons. The maximum atomic E-state index is 2.60. The molecule has 0 N–H and O–H groups in total. The van der Waals surface area contributed by atoms with E-state index >= 15 is 0 Å². The largest absolute Gasteiger partial charge is 0.0654 e. The quantitative estimate of drug-likeness (QED) is 0.237. The molecule has 3 rings (SSSR count). The molecule has 3 aromatic carbocycles. The second-order valence-electron chi connectivity index (χ2n) is 11.3. The fourth-order valence-electron chi connectivity index (χ4n) is 6.14. The van der Waals surface area contributed by atoms with Crippen LogP contribution in [-0.2, 0) is 17.3 Å². The third-order valence-corrected chi connectivity index (χ3v) is 9.48. The molecular weight excluding hydrogens is 408 g/mol. The van der Waals surface area contributed by atoms with Crippen LogP contribution in [0.15, 0.2) is 42.5 Å². The molecule has 186 valence electrons. The van der Waals surface area contributed by atoms with Crippen LogP contribution < -0.4 is 0 Å². The third-order valence-electron chi connectivity index (χ3n) is 9.48. The molecule has 1 unspecified atom stereocenters. The van der Waals surface area contributed by atoms with Gasteiger partial charge in [0, 0.05) is 0 Å². The predicted molar refractivity (Wildman–Crippen MR) is 154 cm³/mol. The maximum Gasteiger partial charge on any atom is -0.00682 e. The van der Waals surface area contributed by atoms with Gasteiger partial charge in [-0.05, 0) is 87.1 Å². The Bertz CT molecular complexity index is 1080. The molecule has 0 saturated carbocycles. The Hall–Kier alpha value is -1.82. The lowest BCUT2D eigenvalue weighted by Crippen LogP contribution is -2.24. The summed E-state index contributed by atoms with van der Waals surface area (Å²) in [5.41, 5.74) is 5.05. The van der Waals surface area contributed by atoms with Crippen LogP contribution in [0.4, 0.5) is 0 Å². The van der Waals surface area contributed by atoms with E-state index in [1.807, 2.05) is 0 Å². The summed E-state index contributed by atoms with van der Waals surface area (Å²) in [5, 5.41) is 5.99. The summed E-state index contributed by atoms with van der Waals surface area (Å²) >= 11 is 0. The topological polar surface area (TPSA) is 0 Å². The summed E-state index contributed by atoms with van der Waals surface area (Å²) in [5.74, 6) is 0.793. The highest BCUT2D eigenvalue weighted by atomic mass is 14.4. The molecule has 0 nitrogen and oxygen atoms in total. The van der Waals surface area contributed by atoms with Gasteiger partial charge in [0.25, 0.3) is 0 Å². The first-order valence-corrected chi connectivity index (χ1v) is 14.3. The van der Waals surface area contributed by atoms with Gasteiger partial charge in [0.15, 0.2) is 0 Å². The molecule has 0 aliphatic carbocycles. The Labute approximate surface area is 210 Å². The lowest BCUT2D eigenvalue weighted by Gasteiger charge is -2.36. The van der Waals surface area contributed by atoms with E-state index < -0.39 is 0 Å². The Morgan fingerprint density at radius 1 is 0.647 bits per heavy atom. The number of benzene rings is 3. The van der Waals surface area contributed by atoms with Gasteiger partial charge < -0.3 is 0 Å². The third kappa shape index (κ3) is 4.93. The highest BCUT2D eigenvalue weighted by Gasteiger charge is 2.32. The van der Waals surface area contributed by atoms with E-state index in [0.29, 0.717) is 0 Å². The summed E-state index contributed by atoms with van der Waals surface area (Å²) < 4.78 is 0. The SMILES string of the molecule is CCCCC(CC)Cc1ccc2c(C(C)(CC)CC)c3ccccc3c(C(C)(CC)CC)c2c1. The molecule has 0 heterocycles. The predicted octanol–water partition coefficient (Wildman–Crippen LogP) is 10.9. The van der Waals surface area contributed by atoms with Gasteiger partial charge in [-0.15, -0.1) is 0 Å². The van der Waals surface area contributed by atoms with Gasteiger partial charge in [0.05, 0.1) is 0 Å². The molecule has 0 aliphatic rings. The fourth-order valence-corrected chi connectivity index (χ4v) is 6.14. The Morgan fingerprint density at radius 3 is 1.62 bits per heavy atom. The second-order valence-corrected chi connectivity index (χ2v) is 11.3. The second kappa shape index (κ2) is 11.3. The Kier molecular flexibility index (Phi) is 8.88. The van der Waals surface area contributed by atoms with E-state index in [4.69, 9.17) is 0 Å². The lowest BCUT2D eigenvalue weighted by molar-refractivity contribution is 0.440. The van der Waals surface area contributed by atoms with Gasteiger partial charge in [-0.25, -0.2) is 0 Å². The van der Waals surface area contributed by atoms with Crippen molar-refractivity contribution in [2.75, 3.05) is 0 Å². The van der Waals surface area contributed by atoms with Crippen molar-refractivity contribution in [3.8, 4) is 0 Å². The molecule has 1 atom stereocenters. The highest BCUT2D eigenvalue weighted by molar-refractivity contribution is 6.07. The fraction of sp³-hybridized carbons (Fsp3) is 0.588. The summed E-state index contributed by atoms with van der Waals surface area (Å²) in [6.07, 6.45) is 11.1. The van der Waals surface area contributed by atoms with Gasteiger partial charge in [-0.2, -0.15) is 0 Å².